The first kappa shape index (κ1) is 20.2. The van der Waals surface area contributed by atoms with E-state index in [1.807, 2.05) is 24.3 Å². The molecule has 0 spiro atoms. The molecule has 1 fully saturated rings. The predicted molar refractivity (Wildman–Crippen MR) is 114 cm³/mol. The van der Waals surface area contributed by atoms with Crippen LogP contribution < -0.4 is 15.0 Å². The maximum Gasteiger partial charge on any atom is 0.220 e. The van der Waals surface area contributed by atoms with Gasteiger partial charge in [-0.15, -0.1) is 0 Å². The minimum atomic E-state index is 0.129. The molecule has 0 aromatic heterocycles. The van der Waals surface area contributed by atoms with Crippen molar-refractivity contribution in [3.8, 4) is 5.75 Å². The molecule has 150 valence electrons. The fraction of sp³-hybridized carbons (Fsp3) is 0.435. The third-order valence-electron chi connectivity index (χ3n) is 5.27. The Balaban J connectivity index is 1.26. The van der Waals surface area contributed by atoms with E-state index in [1.165, 1.54) is 5.69 Å². The van der Waals surface area contributed by atoms with Crippen molar-refractivity contribution >= 4 is 11.6 Å². The van der Waals surface area contributed by atoms with Gasteiger partial charge in [0.1, 0.15) is 5.75 Å². The van der Waals surface area contributed by atoms with Crippen molar-refractivity contribution in [3.63, 3.8) is 0 Å². The van der Waals surface area contributed by atoms with Crippen molar-refractivity contribution in [2.45, 2.75) is 19.3 Å². The third-order valence-corrected chi connectivity index (χ3v) is 5.27. The number of carbonyl (C=O) groups excluding carboxylic acids is 1. The molecule has 28 heavy (non-hydrogen) atoms. The summed E-state index contributed by atoms with van der Waals surface area (Å²) in [7, 11) is 1.66. The van der Waals surface area contributed by atoms with Gasteiger partial charge in [-0.3, -0.25) is 9.69 Å². The van der Waals surface area contributed by atoms with Crippen LogP contribution in [0, 0.1) is 0 Å². The van der Waals surface area contributed by atoms with Gasteiger partial charge in [-0.25, -0.2) is 0 Å². The van der Waals surface area contributed by atoms with Crippen LogP contribution in [0.5, 0.6) is 5.75 Å². The zero-order valence-corrected chi connectivity index (χ0v) is 16.8. The van der Waals surface area contributed by atoms with E-state index in [1.54, 1.807) is 7.11 Å². The Morgan fingerprint density at radius 3 is 2.39 bits per heavy atom. The summed E-state index contributed by atoms with van der Waals surface area (Å²) in [4.78, 5) is 17.0. The largest absolute Gasteiger partial charge is 0.497 e. The summed E-state index contributed by atoms with van der Waals surface area (Å²) in [6, 6.07) is 18.5. The van der Waals surface area contributed by atoms with E-state index in [0.717, 1.165) is 63.4 Å². The lowest BCUT2D eigenvalue weighted by atomic mass is 10.1. The van der Waals surface area contributed by atoms with E-state index in [-0.39, 0.29) is 5.91 Å². The Morgan fingerprint density at radius 2 is 1.71 bits per heavy atom. The highest BCUT2D eigenvalue weighted by Gasteiger charge is 2.16. The highest BCUT2D eigenvalue weighted by atomic mass is 16.5. The number of para-hydroxylation sites is 1. The zero-order chi connectivity index (χ0) is 19.6. The quantitative estimate of drug-likeness (QED) is 0.679. The minimum absolute atomic E-state index is 0.129. The Bertz CT molecular complexity index is 710. The van der Waals surface area contributed by atoms with Crippen molar-refractivity contribution in [3.05, 3.63) is 60.2 Å². The monoisotopic (exact) mass is 381 g/mol. The smallest absolute Gasteiger partial charge is 0.220 e. The van der Waals surface area contributed by atoms with Gasteiger partial charge in [-0.2, -0.15) is 0 Å². The molecule has 1 saturated heterocycles. The lowest BCUT2D eigenvalue weighted by Gasteiger charge is -2.36. The number of aryl methyl sites for hydroxylation is 1. The standard InChI is InChI=1S/C23H31N3O2/c1-28-22-11-8-20(9-12-22)10-13-23(27)24-14-5-15-25-16-18-26(19-17-25)21-6-3-2-4-7-21/h2-4,6-9,11-12H,5,10,13-19H2,1H3,(H,24,27). The first-order chi connectivity index (χ1) is 13.7. The normalized spacial score (nSPS) is 14.7. The van der Waals surface area contributed by atoms with Gasteiger partial charge in [0.2, 0.25) is 5.91 Å². The van der Waals surface area contributed by atoms with Crippen molar-refractivity contribution in [2.24, 2.45) is 0 Å². The average Bonchev–Trinajstić information content (AvgIpc) is 2.76. The molecule has 0 unspecified atom stereocenters. The van der Waals surface area contributed by atoms with Crippen LogP contribution in [0.25, 0.3) is 0 Å². The molecule has 5 nitrogen and oxygen atoms in total. The van der Waals surface area contributed by atoms with Crippen LogP contribution in [0.1, 0.15) is 18.4 Å². The van der Waals surface area contributed by atoms with Crippen LogP contribution in [-0.4, -0.2) is 57.2 Å². The van der Waals surface area contributed by atoms with Gasteiger partial charge in [0.15, 0.2) is 0 Å². The Kier molecular flexibility index (Phi) is 7.73. The van der Waals surface area contributed by atoms with E-state index in [4.69, 9.17) is 4.74 Å². The topological polar surface area (TPSA) is 44.8 Å². The second-order valence-electron chi connectivity index (χ2n) is 7.22. The molecule has 1 aliphatic rings. The van der Waals surface area contributed by atoms with Crippen LogP contribution in [0.4, 0.5) is 5.69 Å². The molecule has 0 radical (unpaired) electrons. The number of anilines is 1. The van der Waals surface area contributed by atoms with Crippen LogP contribution in [0.2, 0.25) is 0 Å². The second kappa shape index (κ2) is 10.7. The highest BCUT2D eigenvalue weighted by molar-refractivity contribution is 5.76. The van der Waals surface area contributed by atoms with Crippen LogP contribution in [0.3, 0.4) is 0 Å². The summed E-state index contributed by atoms with van der Waals surface area (Å²) in [6.45, 7) is 6.10. The predicted octanol–water partition coefficient (Wildman–Crippen LogP) is 2.96. The number of benzene rings is 2. The molecule has 3 rings (SSSR count). The van der Waals surface area contributed by atoms with Crippen LogP contribution in [0.15, 0.2) is 54.6 Å². The Morgan fingerprint density at radius 1 is 1.00 bits per heavy atom. The molecule has 1 aliphatic heterocycles. The lowest BCUT2D eigenvalue weighted by molar-refractivity contribution is -0.121. The Labute approximate surface area is 168 Å². The maximum absolute atomic E-state index is 12.0. The average molecular weight is 382 g/mol. The van der Waals surface area contributed by atoms with Crippen LogP contribution in [-0.2, 0) is 11.2 Å². The number of hydrogen-bond donors (Lipinski definition) is 1. The fourth-order valence-electron chi connectivity index (χ4n) is 3.54. The van der Waals surface area contributed by atoms with Gasteiger partial charge in [-0.1, -0.05) is 30.3 Å². The first-order valence-electron chi connectivity index (χ1n) is 10.2. The summed E-state index contributed by atoms with van der Waals surface area (Å²) in [5, 5.41) is 3.05. The number of nitrogens with one attached hydrogen (secondary N) is 1. The molecule has 0 atom stereocenters. The zero-order valence-electron chi connectivity index (χ0n) is 16.8. The van der Waals surface area contributed by atoms with E-state index < -0.39 is 0 Å². The third kappa shape index (κ3) is 6.27. The maximum atomic E-state index is 12.0. The van der Waals surface area contributed by atoms with Crippen LogP contribution >= 0.6 is 0 Å². The number of hydrogen-bond acceptors (Lipinski definition) is 4. The fourth-order valence-corrected chi connectivity index (χ4v) is 3.54. The molecule has 0 aliphatic carbocycles. The SMILES string of the molecule is COc1ccc(CCC(=O)NCCCN2CCN(c3ccccc3)CC2)cc1. The molecular formula is C23H31N3O2. The minimum Gasteiger partial charge on any atom is -0.497 e. The molecular weight excluding hydrogens is 350 g/mol. The van der Waals surface area contributed by atoms with Gasteiger partial charge in [0.05, 0.1) is 7.11 Å². The summed E-state index contributed by atoms with van der Waals surface area (Å²) in [5.74, 6) is 0.975. The molecule has 1 amide bonds. The van der Waals surface area contributed by atoms with E-state index >= 15 is 0 Å². The van der Waals surface area contributed by atoms with Crippen molar-refractivity contribution < 1.29 is 9.53 Å². The van der Waals surface area contributed by atoms with E-state index in [0.29, 0.717) is 6.42 Å². The summed E-state index contributed by atoms with van der Waals surface area (Å²) >= 11 is 0. The number of ether oxygens (including phenoxy) is 1. The summed E-state index contributed by atoms with van der Waals surface area (Å²) in [6.07, 6.45) is 2.29. The highest BCUT2D eigenvalue weighted by Crippen LogP contribution is 2.15. The van der Waals surface area contributed by atoms with Gasteiger partial charge in [0.25, 0.3) is 0 Å². The second-order valence-corrected chi connectivity index (χ2v) is 7.22. The molecule has 2 aromatic rings. The number of rotatable bonds is 9. The molecule has 0 saturated carbocycles. The number of carbonyl (C=O) groups is 1. The van der Waals surface area contributed by atoms with Gasteiger partial charge in [-0.05, 0) is 49.2 Å². The number of nitrogens with zero attached hydrogens (tertiary/aromatic N) is 2. The van der Waals surface area contributed by atoms with Crippen molar-refractivity contribution in [1.82, 2.24) is 10.2 Å². The first-order valence-corrected chi connectivity index (χ1v) is 10.2. The number of piperazine rings is 1. The van der Waals surface area contributed by atoms with Gasteiger partial charge in [0, 0.05) is 44.8 Å². The van der Waals surface area contributed by atoms with Gasteiger partial charge < -0.3 is 15.0 Å². The van der Waals surface area contributed by atoms with E-state index in [9.17, 15) is 4.79 Å². The van der Waals surface area contributed by atoms with Crippen molar-refractivity contribution in [1.29, 1.82) is 0 Å². The number of amides is 1. The van der Waals surface area contributed by atoms with Crippen molar-refractivity contribution in [2.75, 3.05) is 51.3 Å². The molecule has 2 aromatic carbocycles. The molecule has 0 bridgehead atoms. The molecule has 5 heteroatoms. The van der Waals surface area contributed by atoms with Gasteiger partial charge >= 0.3 is 0 Å². The summed E-state index contributed by atoms with van der Waals surface area (Å²) in [5.41, 5.74) is 2.47. The Hall–Kier alpha value is -2.53. The molecule has 1 N–H and O–H groups in total. The summed E-state index contributed by atoms with van der Waals surface area (Å²) < 4.78 is 5.15. The number of methoxy groups -OCH3 is 1. The lowest BCUT2D eigenvalue weighted by Crippen LogP contribution is -2.47. The van der Waals surface area contributed by atoms with E-state index in [2.05, 4.69) is 45.4 Å². The molecule has 1 heterocycles.